The predicted octanol–water partition coefficient (Wildman–Crippen LogP) is 2.57. The van der Waals surface area contributed by atoms with E-state index in [-0.39, 0.29) is 11.8 Å². The third-order valence-electron chi connectivity index (χ3n) is 4.62. The summed E-state index contributed by atoms with van der Waals surface area (Å²) < 4.78 is 65.7. The standard InChI is InChI=1S/C17H22N4O.2C2HF3O2/c1-20-11-15(12-21-10-2-3-16(21)13-20)17(22)19-9-6-14-4-7-18-8-5-14;2*3-2(4,5)1(6)7/h2-5,7-8,10,15H,6,9,11-13H2,1H3,(H,19,22);2*(H,6,7). The molecule has 2 aromatic heterocycles. The van der Waals surface area contributed by atoms with Crippen LogP contribution in [0.2, 0.25) is 0 Å². The Morgan fingerprint density at radius 1 is 1.00 bits per heavy atom. The minimum Gasteiger partial charge on any atom is -0.475 e. The molecule has 200 valence electrons. The number of nitrogens with zero attached hydrogens (tertiary/aromatic N) is 3. The van der Waals surface area contributed by atoms with E-state index in [1.807, 2.05) is 18.2 Å². The van der Waals surface area contributed by atoms with Crippen LogP contribution in [0.1, 0.15) is 11.3 Å². The summed E-state index contributed by atoms with van der Waals surface area (Å²) in [6.45, 7) is 3.12. The van der Waals surface area contributed by atoms with Gasteiger partial charge in [-0.25, -0.2) is 9.59 Å². The maximum atomic E-state index is 12.5. The van der Waals surface area contributed by atoms with E-state index in [0.717, 1.165) is 26.1 Å². The van der Waals surface area contributed by atoms with Crippen LogP contribution < -0.4 is 5.32 Å². The van der Waals surface area contributed by atoms with E-state index in [1.54, 1.807) is 12.4 Å². The van der Waals surface area contributed by atoms with Gasteiger partial charge in [-0.05, 0) is 43.3 Å². The lowest BCUT2D eigenvalue weighted by Crippen LogP contribution is -2.38. The topological polar surface area (TPSA) is 125 Å². The van der Waals surface area contributed by atoms with Crippen LogP contribution in [0.4, 0.5) is 26.3 Å². The molecule has 1 aliphatic rings. The molecule has 0 fully saturated rings. The summed E-state index contributed by atoms with van der Waals surface area (Å²) in [5.74, 6) is -5.38. The van der Waals surface area contributed by atoms with Crippen LogP contribution in [0.15, 0.2) is 42.9 Å². The molecule has 1 atom stereocenters. The lowest BCUT2D eigenvalue weighted by molar-refractivity contribution is -0.193. The van der Waals surface area contributed by atoms with Crippen molar-refractivity contribution in [2.45, 2.75) is 31.9 Å². The van der Waals surface area contributed by atoms with E-state index in [0.29, 0.717) is 6.54 Å². The zero-order valence-corrected chi connectivity index (χ0v) is 18.9. The number of hydrogen-bond acceptors (Lipinski definition) is 5. The molecule has 0 saturated heterocycles. The van der Waals surface area contributed by atoms with E-state index in [2.05, 4.69) is 39.1 Å². The molecule has 0 saturated carbocycles. The van der Waals surface area contributed by atoms with Gasteiger partial charge in [0.15, 0.2) is 0 Å². The Morgan fingerprint density at radius 3 is 2.03 bits per heavy atom. The number of rotatable bonds is 4. The Balaban J connectivity index is 0.000000383. The second kappa shape index (κ2) is 13.5. The van der Waals surface area contributed by atoms with Gasteiger partial charge in [-0.1, -0.05) is 0 Å². The number of carboxylic acid groups (broad SMARTS) is 2. The number of pyridine rings is 1. The van der Waals surface area contributed by atoms with Crippen molar-refractivity contribution in [2.75, 3.05) is 20.1 Å². The number of halogens is 6. The molecule has 0 aliphatic carbocycles. The first-order valence-corrected chi connectivity index (χ1v) is 10.2. The number of fused-ring (bicyclic) bond motifs is 1. The molecule has 3 heterocycles. The van der Waals surface area contributed by atoms with Crippen molar-refractivity contribution in [3.63, 3.8) is 0 Å². The van der Waals surface area contributed by atoms with Crippen molar-refractivity contribution in [2.24, 2.45) is 5.92 Å². The molecule has 9 nitrogen and oxygen atoms in total. The third kappa shape index (κ3) is 11.2. The molecule has 1 aliphatic heterocycles. The lowest BCUT2D eigenvalue weighted by Gasteiger charge is -2.19. The summed E-state index contributed by atoms with van der Waals surface area (Å²) in [5.41, 5.74) is 2.47. The van der Waals surface area contributed by atoms with E-state index in [1.165, 1.54) is 11.3 Å². The number of carbonyl (C=O) groups excluding carboxylic acids is 1. The zero-order chi connectivity index (χ0) is 27.5. The maximum Gasteiger partial charge on any atom is 0.490 e. The van der Waals surface area contributed by atoms with Gasteiger partial charge in [0.25, 0.3) is 0 Å². The molecule has 1 amide bonds. The summed E-state index contributed by atoms with van der Waals surface area (Å²) in [7, 11) is 2.07. The number of hydrogen-bond donors (Lipinski definition) is 3. The second-order valence-electron chi connectivity index (χ2n) is 7.55. The van der Waals surface area contributed by atoms with Crippen LogP contribution in [-0.4, -0.2) is 75.0 Å². The molecular weight excluding hydrogens is 502 g/mol. The number of carbonyl (C=O) groups is 3. The Hall–Kier alpha value is -3.62. The number of amides is 1. The summed E-state index contributed by atoms with van der Waals surface area (Å²) in [5, 5.41) is 17.3. The van der Waals surface area contributed by atoms with Crippen molar-refractivity contribution in [1.29, 1.82) is 0 Å². The predicted molar refractivity (Wildman–Crippen MR) is 113 cm³/mol. The molecule has 0 radical (unpaired) electrons. The summed E-state index contributed by atoms with van der Waals surface area (Å²) in [6.07, 6.45) is -3.70. The van der Waals surface area contributed by atoms with Crippen molar-refractivity contribution < 1.29 is 50.9 Å². The first-order chi connectivity index (χ1) is 16.6. The number of nitrogens with one attached hydrogen (secondary N) is 1. The normalized spacial score (nSPS) is 15.7. The molecule has 0 aromatic carbocycles. The van der Waals surface area contributed by atoms with Gasteiger partial charge in [0.1, 0.15) is 0 Å². The SMILES string of the molecule is CN1Cc2cccn2CC(C(=O)NCCc2ccncc2)C1.O=C(O)C(F)(F)F.O=C(O)C(F)(F)F. The van der Waals surface area contributed by atoms with Gasteiger partial charge in [0.2, 0.25) is 5.91 Å². The first kappa shape index (κ1) is 30.4. The van der Waals surface area contributed by atoms with E-state index < -0.39 is 24.3 Å². The molecule has 15 heteroatoms. The second-order valence-corrected chi connectivity index (χ2v) is 7.55. The molecule has 3 rings (SSSR count). The Morgan fingerprint density at radius 2 is 1.53 bits per heavy atom. The van der Waals surface area contributed by atoms with Gasteiger partial charge in [-0.2, -0.15) is 26.3 Å². The van der Waals surface area contributed by atoms with Crippen molar-refractivity contribution in [1.82, 2.24) is 19.8 Å². The largest absolute Gasteiger partial charge is 0.490 e. The Bertz CT molecular complexity index is 971. The molecule has 3 N–H and O–H groups in total. The highest BCUT2D eigenvalue weighted by atomic mass is 19.4. The zero-order valence-electron chi connectivity index (χ0n) is 18.9. The van der Waals surface area contributed by atoms with Gasteiger partial charge in [0, 0.05) is 50.5 Å². The average Bonchev–Trinajstić information content (AvgIpc) is 3.13. The number of aromatic nitrogens is 2. The number of alkyl halides is 6. The molecule has 0 spiro atoms. The van der Waals surface area contributed by atoms with E-state index in [9.17, 15) is 31.1 Å². The Labute approximate surface area is 201 Å². The molecular formula is C21H24F6N4O5. The van der Waals surface area contributed by atoms with E-state index in [4.69, 9.17) is 19.8 Å². The van der Waals surface area contributed by atoms with Gasteiger partial charge in [-0.3, -0.25) is 14.7 Å². The number of aliphatic carboxylic acids is 2. The van der Waals surface area contributed by atoms with Crippen molar-refractivity contribution in [3.8, 4) is 0 Å². The van der Waals surface area contributed by atoms with Gasteiger partial charge in [0.05, 0.1) is 5.92 Å². The number of carboxylic acids is 2. The summed E-state index contributed by atoms with van der Waals surface area (Å²) >= 11 is 0. The quantitative estimate of drug-likeness (QED) is 0.523. The van der Waals surface area contributed by atoms with Crippen LogP contribution in [0, 0.1) is 5.92 Å². The smallest absolute Gasteiger partial charge is 0.475 e. The van der Waals surface area contributed by atoms with Crippen LogP contribution in [0.3, 0.4) is 0 Å². The highest BCUT2D eigenvalue weighted by Crippen LogP contribution is 2.16. The lowest BCUT2D eigenvalue weighted by atomic mass is 10.1. The fraction of sp³-hybridized carbons (Fsp3) is 0.429. The van der Waals surface area contributed by atoms with E-state index >= 15 is 0 Å². The van der Waals surface area contributed by atoms with Crippen LogP contribution in [0.5, 0.6) is 0 Å². The fourth-order valence-corrected chi connectivity index (χ4v) is 2.97. The highest BCUT2D eigenvalue weighted by Gasteiger charge is 2.38. The van der Waals surface area contributed by atoms with Crippen LogP contribution >= 0.6 is 0 Å². The molecule has 1 unspecified atom stereocenters. The summed E-state index contributed by atoms with van der Waals surface area (Å²) in [4.78, 5) is 36.5. The van der Waals surface area contributed by atoms with Crippen LogP contribution in [0.25, 0.3) is 0 Å². The molecule has 36 heavy (non-hydrogen) atoms. The monoisotopic (exact) mass is 526 g/mol. The molecule has 2 aromatic rings. The minimum atomic E-state index is -5.08. The van der Waals surface area contributed by atoms with Crippen molar-refractivity contribution in [3.05, 3.63) is 54.1 Å². The minimum absolute atomic E-state index is 0.00362. The fourth-order valence-electron chi connectivity index (χ4n) is 2.97. The highest BCUT2D eigenvalue weighted by molar-refractivity contribution is 5.79. The Kier molecular flexibility index (Phi) is 11.4. The summed E-state index contributed by atoms with van der Waals surface area (Å²) in [6, 6.07) is 8.14. The van der Waals surface area contributed by atoms with Gasteiger partial charge in [-0.15, -0.1) is 0 Å². The van der Waals surface area contributed by atoms with Crippen LogP contribution in [-0.2, 0) is 33.9 Å². The maximum absolute atomic E-state index is 12.5. The molecule has 0 bridgehead atoms. The third-order valence-corrected chi connectivity index (χ3v) is 4.62. The van der Waals surface area contributed by atoms with Gasteiger partial charge < -0.3 is 20.1 Å². The van der Waals surface area contributed by atoms with Gasteiger partial charge >= 0.3 is 24.3 Å². The first-order valence-electron chi connectivity index (χ1n) is 10.2. The van der Waals surface area contributed by atoms with Crippen molar-refractivity contribution >= 4 is 17.8 Å². The average molecular weight is 526 g/mol.